The average molecular weight is 344 g/mol. The largest absolute Gasteiger partial charge is 0.333 e. The number of aromatic amines is 1. The summed E-state index contributed by atoms with van der Waals surface area (Å²) < 4.78 is 27.8. The zero-order chi connectivity index (χ0) is 16.0. The quantitative estimate of drug-likeness (QED) is 0.664. The lowest BCUT2D eigenvalue weighted by molar-refractivity contribution is 0.574. The summed E-state index contributed by atoms with van der Waals surface area (Å²) in [6, 6.07) is 1.41. The number of hydrogen-bond acceptors (Lipinski definition) is 4. The molecule has 2 aromatic heterocycles. The maximum atomic E-state index is 14.0. The Balaban J connectivity index is 2.45. The zero-order valence-corrected chi connectivity index (χ0v) is 12.0. The Bertz CT molecular complexity index is 1010. The van der Waals surface area contributed by atoms with Gasteiger partial charge >= 0.3 is 5.69 Å². The molecule has 3 aromatic rings. The average Bonchev–Trinajstić information content (AvgIpc) is 2.40. The van der Waals surface area contributed by atoms with Crippen molar-refractivity contribution in [2.24, 2.45) is 0 Å². The second kappa shape index (κ2) is 5.15. The first-order valence-electron chi connectivity index (χ1n) is 5.75. The predicted molar refractivity (Wildman–Crippen MR) is 75.3 cm³/mol. The lowest BCUT2D eigenvalue weighted by Crippen LogP contribution is -2.35. The standard InChI is InChI=1S/C12H5Cl2F2N5O/c13-6-1-4(15)2-7(16)8(6)21-9(17)5-3-18-11(14)19-10(5)20-12(21)22/h1-3,17H,(H,18,19,20,22). The van der Waals surface area contributed by atoms with Gasteiger partial charge in [-0.1, -0.05) is 11.6 Å². The van der Waals surface area contributed by atoms with Crippen molar-refractivity contribution >= 4 is 34.2 Å². The molecule has 22 heavy (non-hydrogen) atoms. The molecule has 0 aliphatic rings. The highest BCUT2D eigenvalue weighted by atomic mass is 35.5. The predicted octanol–water partition coefficient (Wildman–Crippen LogP) is 2.17. The van der Waals surface area contributed by atoms with Crippen molar-refractivity contribution in [1.29, 1.82) is 5.41 Å². The Morgan fingerprint density at radius 3 is 2.68 bits per heavy atom. The maximum Gasteiger partial charge on any atom is 0.333 e. The molecule has 3 rings (SSSR count). The molecule has 112 valence electrons. The summed E-state index contributed by atoms with van der Waals surface area (Å²) in [6.07, 6.45) is 1.20. The first kappa shape index (κ1) is 14.6. The lowest BCUT2D eigenvalue weighted by atomic mass is 10.2. The summed E-state index contributed by atoms with van der Waals surface area (Å²) in [5.74, 6) is -1.98. The van der Waals surface area contributed by atoms with Crippen LogP contribution < -0.4 is 11.2 Å². The van der Waals surface area contributed by atoms with Gasteiger partial charge in [-0.2, -0.15) is 4.98 Å². The summed E-state index contributed by atoms with van der Waals surface area (Å²) in [6.45, 7) is 0. The molecule has 1 aromatic carbocycles. The fourth-order valence-corrected chi connectivity index (χ4v) is 2.38. The third-order valence-electron chi connectivity index (χ3n) is 2.87. The van der Waals surface area contributed by atoms with Gasteiger partial charge in [0, 0.05) is 12.3 Å². The molecule has 10 heteroatoms. The van der Waals surface area contributed by atoms with Crippen LogP contribution in [-0.2, 0) is 0 Å². The Labute approximate surface area is 130 Å². The van der Waals surface area contributed by atoms with Crippen LogP contribution in [0.4, 0.5) is 8.78 Å². The van der Waals surface area contributed by atoms with Crippen molar-refractivity contribution in [3.05, 3.63) is 56.2 Å². The van der Waals surface area contributed by atoms with E-state index in [-0.39, 0.29) is 21.3 Å². The van der Waals surface area contributed by atoms with Crippen LogP contribution in [0.15, 0.2) is 23.1 Å². The van der Waals surface area contributed by atoms with Gasteiger partial charge in [0.1, 0.15) is 22.6 Å². The summed E-state index contributed by atoms with van der Waals surface area (Å²) in [5.41, 5.74) is -1.71. The summed E-state index contributed by atoms with van der Waals surface area (Å²) >= 11 is 11.4. The van der Waals surface area contributed by atoms with Crippen LogP contribution in [0.5, 0.6) is 0 Å². The molecule has 0 amide bonds. The monoisotopic (exact) mass is 343 g/mol. The van der Waals surface area contributed by atoms with E-state index in [9.17, 15) is 13.6 Å². The highest BCUT2D eigenvalue weighted by Crippen LogP contribution is 2.23. The number of rotatable bonds is 1. The number of H-pyrrole nitrogens is 1. The molecule has 2 N–H and O–H groups in total. The Morgan fingerprint density at radius 1 is 1.27 bits per heavy atom. The maximum absolute atomic E-state index is 14.0. The van der Waals surface area contributed by atoms with Gasteiger partial charge in [0.15, 0.2) is 5.82 Å². The molecule has 0 aliphatic heterocycles. The minimum absolute atomic E-state index is 0.0184. The third-order valence-corrected chi connectivity index (χ3v) is 3.34. The van der Waals surface area contributed by atoms with Crippen molar-refractivity contribution in [1.82, 2.24) is 19.5 Å². The normalized spacial score (nSPS) is 11.1. The number of hydrogen-bond donors (Lipinski definition) is 2. The Hall–Kier alpha value is -2.32. The van der Waals surface area contributed by atoms with Gasteiger partial charge in [-0.05, 0) is 17.7 Å². The first-order chi connectivity index (χ1) is 10.4. The number of halogens is 4. The number of nitrogens with zero attached hydrogens (tertiary/aromatic N) is 3. The molecule has 0 radical (unpaired) electrons. The molecule has 0 bridgehead atoms. The molecule has 0 fully saturated rings. The van der Waals surface area contributed by atoms with E-state index in [1.165, 1.54) is 6.20 Å². The van der Waals surface area contributed by atoms with E-state index in [2.05, 4.69) is 15.0 Å². The smallest absolute Gasteiger partial charge is 0.291 e. The van der Waals surface area contributed by atoms with Crippen molar-refractivity contribution in [2.45, 2.75) is 0 Å². The molecular formula is C12H5Cl2F2N5O. The van der Waals surface area contributed by atoms with E-state index < -0.39 is 28.5 Å². The number of aromatic nitrogens is 4. The van der Waals surface area contributed by atoms with Crippen LogP contribution >= 0.6 is 23.2 Å². The van der Waals surface area contributed by atoms with Crippen LogP contribution in [-0.4, -0.2) is 19.5 Å². The topological polar surface area (TPSA) is 87.4 Å². The van der Waals surface area contributed by atoms with E-state index >= 15 is 0 Å². The van der Waals surface area contributed by atoms with Crippen LogP contribution in [0.2, 0.25) is 10.3 Å². The molecule has 0 atom stereocenters. The lowest BCUT2D eigenvalue weighted by Gasteiger charge is -2.10. The van der Waals surface area contributed by atoms with Gasteiger partial charge in [-0.25, -0.2) is 23.1 Å². The van der Waals surface area contributed by atoms with Gasteiger partial charge in [-0.3, -0.25) is 10.4 Å². The number of benzene rings is 1. The van der Waals surface area contributed by atoms with E-state index in [0.29, 0.717) is 10.6 Å². The van der Waals surface area contributed by atoms with Gasteiger partial charge in [0.05, 0.1) is 10.4 Å². The molecule has 0 spiro atoms. The molecule has 0 aliphatic carbocycles. The van der Waals surface area contributed by atoms with Gasteiger partial charge < -0.3 is 0 Å². The van der Waals surface area contributed by atoms with Crippen molar-refractivity contribution in [3.8, 4) is 5.69 Å². The summed E-state index contributed by atoms with van der Waals surface area (Å²) in [7, 11) is 0. The van der Waals surface area contributed by atoms with E-state index in [0.717, 1.165) is 6.07 Å². The minimum Gasteiger partial charge on any atom is -0.291 e. The van der Waals surface area contributed by atoms with Gasteiger partial charge in [0.2, 0.25) is 5.28 Å². The van der Waals surface area contributed by atoms with Crippen molar-refractivity contribution in [3.63, 3.8) is 0 Å². The fraction of sp³-hybridized carbons (Fsp3) is 0. The van der Waals surface area contributed by atoms with Crippen LogP contribution in [0, 0.1) is 17.0 Å². The second-order valence-electron chi connectivity index (χ2n) is 4.23. The van der Waals surface area contributed by atoms with Crippen molar-refractivity contribution < 1.29 is 8.78 Å². The number of nitrogens with one attached hydrogen (secondary N) is 2. The first-order valence-corrected chi connectivity index (χ1v) is 6.51. The van der Waals surface area contributed by atoms with Crippen molar-refractivity contribution in [2.75, 3.05) is 0 Å². The van der Waals surface area contributed by atoms with E-state index in [4.69, 9.17) is 28.6 Å². The summed E-state index contributed by atoms with van der Waals surface area (Å²) in [4.78, 5) is 21.9. The zero-order valence-electron chi connectivity index (χ0n) is 10.5. The molecule has 2 heterocycles. The number of fused-ring (bicyclic) bond motifs is 1. The molecule has 0 unspecified atom stereocenters. The van der Waals surface area contributed by atoms with Crippen LogP contribution in [0.3, 0.4) is 0 Å². The van der Waals surface area contributed by atoms with Crippen LogP contribution in [0.1, 0.15) is 0 Å². The highest BCUT2D eigenvalue weighted by Gasteiger charge is 2.17. The van der Waals surface area contributed by atoms with E-state index in [1.54, 1.807) is 0 Å². The SMILES string of the molecule is N=c1c2cnc(Cl)nc2[nH]c(=O)n1-c1c(F)cc(F)cc1Cl. The fourth-order valence-electron chi connectivity index (χ4n) is 1.97. The van der Waals surface area contributed by atoms with Gasteiger partial charge in [0.25, 0.3) is 0 Å². The van der Waals surface area contributed by atoms with Gasteiger partial charge in [-0.15, -0.1) is 0 Å². The molecule has 0 saturated heterocycles. The molecular weight excluding hydrogens is 339 g/mol. The Kier molecular flexibility index (Phi) is 3.42. The minimum atomic E-state index is -1.08. The molecule has 6 nitrogen and oxygen atoms in total. The Morgan fingerprint density at radius 2 is 2.00 bits per heavy atom. The second-order valence-corrected chi connectivity index (χ2v) is 4.98. The highest BCUT2D eigenvalue weighted by molar-refractivity contribution is 6.32. The van der Waals surface area contributed by atoms with Crippen LogP contribution in [0.25, 0.3) is 16.7 Å². The van der Waals surface area contributed by atoms with E-state index in [1.807, 2.05) is 0 Å². The molecule has 0 saturated carbocycles. The third kappa shape index (κ3) is 2.26. The summed E-state index contributed by atoms with van der Waals surface area (Å²) in [5, 5.41) is 7.68.